The molecule has 1 aromatic carbocycles. The predicted octanol–water partition coefficient (Wildman–Crippen LogP) is 3.78. The van der Waals surface area contributed by atoms with Crippen LogP contribution in [0.15, 0.2) is 46.8 Å². The Balaban J connectivity index is 2.52. The minimum atomic E-state index is -0.491. The first-order valence-electron chi connectivity index (χ1n) is 8.66. The smallest absolute Gasteiger partial charge is 0.336 e. The molecule has 1 aromatic rings. The van der Waals surface area contributed by atoms with Gasteiger partial charge in [0, 0.05) is 22.3 Å². The maximum Gasteiger partial charge on any atom is 0.336 e. The first kappa shape index (κ1) is 20.0. The van der Waals surface area contributed by atoms with Crippen molar-refractivity contribution < 1.29 is 19.1 Å². The summed E-state index contributed by atoms with van der Waals surface area (Å²) in [6.45, 7) is 7.62. The van der Waals surface area contributed by atoms with Gasteiger partial charge < -0.3 is 14.8 Å². The molecule has 0 bridgehead atoms. The van der Waals surface area contributed by atoms with Gasteiger partial charge >= 0.3 is 11.9 Å². The Morgan fingerprint density at radius 1 is 1.00 bits per heavy atom. The summed E-state index contributed by atoms with van der Waals surface area (Å²) in [5, 5.41) is 3.70. The van der Waals surface area contributed by atoms with E-state index in [9.17, 15) is 9.59 Å². The first-order chi connectivity index (χ1) is 12.4. The fourth-order valence-corrected chi connectivity index (χ4v) is 3.39. The lowest BCUT2D eigenvalue weighted by Gasteiger charge is -2.30. The van der Waals surface area contributed by atoms with Crippen LogP contribution in [-0.4, -0.2) is 25.2 Å². The SMILES string of the molecule is CCOC(=O)C1=C(C)NC(C)=C(C(=O)OCC)C1Cc1ccccc1Cl. The number of carbonyl (C=O) groups is 2. The van der Waals surface area contributed by atoms with Crippen molar-refractivity contribution in [2.75, 3.05) is 13.2 Å². The van der Waals surface area contributed by atoms with E-state index in [1.165, 1.54) is 0 Å². The predicted molar refractivity (Wildman–Crippen MR) is 100 cm³/mol. The quantitative estimate of drug-likeness (QED) is 0.764. The largest absolute Gasteiger partial charge is 0.463 e. The van der Waals surface area contributed by atoms with Crippen molar-refractivity contribution in [3.05, 3.63) is 57.4 Å². The van der Waals surface area contributed by atoms with E-state index in [-0.39, 0.29) is 13.2 Å². The van der Waals surface area contributed by atoms with Crippen LogP contribution in [0.2, 0.25) is 5.02 Å². The number of esters is 2. The Hall–Kier alpha value is -2.27. The molecule has 5 nitrogen and oxygen atoms in total. The molecule has 0 aromatic heterocycles. The molecule has 26 heavy (non-hydrogen) atoms. The van der Waals surface area contributed by atoms with Gasteiger partial charge in [0.25, 0.3) is 0 Å². The molecule has 0 aliphatic carbocycles. The third kappa shape index (κ3) is 4.28. The minimum absolute atomic E-state index is 0.256. The van der Waals surface area contributed by atoms with Gasteiger partial charge in [0.15, 0.2) is 0 Å². The minimum Gasteiger partial charge on any atom is -0.463 e. The third-order valence-corrected chi connectivity index (χ3v) is 4.62. The van der Waals surface area contributed by atoms with Gasteiger partial charge in [0.2, 0.25) is 0 Å². The van der Waals surface area contributed by atoms with Crippen LogP contribution >= 0.6 is 11.6 Å². The molecular formula is C20H24ClNO4. The third-order valence-electron chi connectivity index (χ3n) is 4.25. The molecule has 0 saturated heterocycles. The van der Waals surface area contributed by atoms with Crippen LogP contribution in [-0.2, 0) is 25.5 Å². The van der Waals surface area contributed by atoms with Gasteiger partial charge in [-0.05, 0) is 45.7 Å². The molecule has 140 valence electrons. The highest BCUT2D eigenvalue weighted by Crippen LogP contribution is 2.35. The zero-order valence-corrected chi connectivity index (χ0v) is 16.3. The summed E-state index contributed by atoms with van der Waals surface area (Å²) >= 11 is 6.31. The number of benzene rings is 1. The van der Waals surface area contributed by atoms with Crippen LogP contribution in [0.3, 0.4) is 0 Å². The molecule has 2 rings (SSSR count). The maximum absolute atomic E-state index is 12.6. The van der Waals surface area contributed by atoms with Gasteiger partial charge in [-0.3, -0.25) is 0 Å². The summed E-state index contributed by atoms with van der Waals surface area (Å²) in [6, 6.07) is 7.40. The standard InChI is InChI=1S/C20H24ClNO4/c1-5-25-19(23)17-12(3)22-13(4)18(20(24)26-6-2)15(17)11-14-9-7-8-10-16(14)21/h7-10,15,22H,5-6,11H2,1-4H3. The highest BCUT2D eigenvalue weighted by Gasteiger charge is 2.37. The zero-order valence-electron chi connectivity index (χ0n) is 15.5. The van der Waals surface area contributed by atoms with Gasteiger partial charge in [-0.1, -0.05) is 29.8 Å². The Morgan fingerprint density at radius 3 is 1.96 bits per heavy atom. The fourth-order valence-electron chi connectivity index (χ4n) is 3.18. The summed E-state index contributed by atoms with van der Waals surface area (Å²) in [7, 11) is 0. The summed E-state index contributed by atoms with van der Waals surface area (Å²) < 4.78 is 10.5. The lowest BCUT2D eigenvalue weighted by Crippen LogP contribution is -2.34. The number of ether oxygens (including phenoxy) is 2. The van der Waals surface area contributed by atoms with Crippen molar-refractivity contribution in [3.8, 4) is 0 Å². The van der Waals surface area contributed by atoms with Crippen molar-refractivity contribution in [1.29, 1.82) is 0 Å². The maximum atomic E-state index is 12.6. The van der Waals surface area contributed by atoms with Crippen LogP contribution in [0.5, 0.6) is 0 Å². The highest BCUT2D eigenvalue weighted by molar-refractivity contribution is 6.31. The molecule has 6 heteroatoms. The van der Waals surface area contributed by atoms with Crippen molar-refractivity contribution in [3.63, 3.8) is 0 Å². The van der Waals surface area contributed by atoms with E-state index in [1.807, 2.05) is 18.2 Å². The normalized spacial score (nSPS) is 15.0. The Bertz CT molecular complexity index is 727. The Kier molecular flexibility index (Phi) is 6.86. The topological polar surface area (TPSA) is 64.6 Å². The van der Waals surface area contributed by atoms with Crippen LogP contribution in [0.1, 0.15) is 33.3 Å². The van der Waals surface area contributed by atoms with Crippen LogP contribution in [0, 0.1) is 5.92 Å². The number of halogens is 1. The first-order valence-corrected chi connectivity index (χ1v) is 9.04. The molecule has 0 spiro atoms. The van der Waals surface area contributed by atoms with Gasteiger partial charge in [0.1, 0.15) is 0 Å². The summed E-state index contributed by atoms with van der Waals surface area (Å²) in [4.78, 5) is 25.2. The van der Waals surface area contributed by atoms with E-state index in [1.54, 1.807) is 33.8 Å². The van der Waals surface area contributed by atoms with Gasteiger partial charge in [0.05, 0.1) is 24.4 Å². The van der Waals surface area contributed by atoms with Gasteiger partial charge in [-0.15, -0.1) is 0 Å². The Labute approximate surface area is 159 Å². The van der Waals surface area contributed by atoms with Crippen molar-refractivity contribution >= 4 is 23.5 Å². The highest BCUT2D eigenvalue weighted by atomic mass is 35.5. The fraction of sp³-hybridized carbons (Fsp3) is 0.400. The summed E-state index contributed by atoms with van der Waals surface area (Å²) in [5.74, 6) is -1.37. The van der Waals surface area contributed by atoms with Gasteiger partial charge in [-0.25, -0.2) is 9.59 Å². The van der Waals surface area contributed by atoms with Crippen molar-refractivity contribution in [2.24, 2.45) is 5.92 Å². The Morgan fingerprint density at radius 2 is 1.50 bits per heavy atom. The molecule has 1 heterocycles. The average molecular weight is 378 g/mol. The molecule has 0 unspecified atom stereocenters. The van der Waals surface area contributed by atoms with Crippen molar-refractivity contribution in [2.45, 2.75) is 34.1 Å². The molecule has 0 amide bonds. The molecular weight excluding hydrogens is 354 g/mol. The molecule has 0 atom stereocenters. The number of allylic oxidation sites excluding steroid dienone is 2. The molecule has 1 aliphatic rings. The number of nitrogens with one attached hydrogen (secondary N) is 1. The van der Waals surface area contributed by atoms with Crippen LogP contribution in [0.25, 0.3) is 0 Å². The van der Waals surface area contributed by atoms with E-state index >= 15 is 0 Å². The molecule has 1 N–H and O–H groups in total. The van der Waals surface area contributed by atoms with Crippen LogP contribution in [0.4, 0.5) is 0 Å². The van der Waals surface area contributed by atoms with Crippen molar-refractivity contribution in [1.82, 2.24) is 5.32 Å². The number of rotatable bonds is 6. The second-order valence-electron chi connectivity index (χ2n) is 5.99. The number of dihydropyridines is 1. The lowest BCUT2D eigenvalue weighted by atomic mass is 9.81. The van der Waals surface area contributed by atoms with E-state index in [2.05, 4.69) is 5.32 Å². The van der Waals surface area contributed by atoms with Crippen LogP contribution < -0.4 is 5.32 Å². The monoisotopic (exact) mass is 377 g/mol. The summed E-state index contributed by atoms with van der Waals surface area (Å²) in [6.07, 6.45) is 0.401. The van der Waals surface area contributed by atoms with Gasteiger partial charge in [-0.2, -0.15) is 0 Å². The van der Waals surface area contributed by atoms with E-state index in [4.69, 9.17) is 21.1 Å². The summed E-state index contributed by atoms with van der Waals surface area (Å²) in [5.41, 5.74) is 3.06. The molecule has 1 aliphatic heterocycles. The van der Waals surface area contributed by atoms with E-state index in [0.29, 0.717) is 34.0 Å². The lowest BCUT2D eigenvalue weighted by molar-refractivity contribution is -0.140. The van der Waals surface area contributed by atoms with E-state index < -0.39 is 17.9 Å². The molecule has 0 fully saturated rings. The number of hydrogen-bond donors (Lipinski definition) is 1. The molecule has 0 radical (unpaired) electrons. The van der Waals surface area contributed by atoms with E-state index in [0.717, 1.165) is 5.56 Å². The average Bonchev–Trinajstić information content (AvgIpc) is 2.57. The number of carbonyl (C=O) groups excluding carboxylic acids is 2. The molecule has 0 saturated carbocycles. The second kappa shape index (κ2) is 8.90. The second-order valence-corrected chi connectivity index (χ2v) is 6.40. The zero-order chi connectivity index (χ0) is 19.3. The number of hydrogen-bond acceptors (Lipinski definition) is 5.